The van der Waals surface area contributed by atoms with Crippen LogP contribution in [0, 0.1) is 0 Å². The van der Waals surface area contributed by atoms with Gasteiger partial charge in [-0.15, -0.1) is 0 Å². The molecule has 0 aliphatic carbocycles. The van der Waals surface area contributed by atoms with Crippen molar-refractivity contribution in [3.8, 4) is 0 Å². The lowest BCUT2D eigenvalue weighted by Gasteiger charge is -2.21. The van der Waals surface area contributed by atoms with Crippen LogP contribution in [0.1, 0.15) is 24.6 Å². The van der Waals surface area contributed by atoms with Crippen LogP contribution < -0.4 is 4.90 Å². The maximum atomic E-state index is 11.7. The summed E-state index contributed by atoms with van der Waals surface area (Å²) in [5, 5.41) is 0. The lowest BCUT2D eigenvalue weighted by molar-refractivity contribution is 0.181. The number of rotatable bonds is 3. The van der Waals surface area contributed by atoms with Gasteiger partial charge in [0.15, 0.2) is 5.82 Å². The van der Waals surface area contributed by atoms with Gasteiger partial charge in [0.05, 0.1) is 36.9 Å². The van der Waals surface area contributed by atoms with E-state index in [1.807, 2.05) is 0 Å². The Hall–Kier alpha value is -1.74. The molecule has 1 aromatic rings. The molecule has 2 fully saturated rings. The third kappa shape index (κ3) is 2.70. The molecule has 3 heterocycles. The molecular weight excluding hydrogens is 296 g/mol. The lowest BCUT2D eigenvalue weighted by Crippen LogP contribution is -2.30. The van der Waals surface area contributed by atoms with Gasteiger partial charge in [0.25, 0.3) is 0 Å². The summed E-state index contributed by atoms with van der Waals surface area (Å²) in [6.45, 7) is 1.30. The van der Waals surface area contributed by atoms with Crippen LogP contribution in [-0.4, -0.2) is 54.7 Å². The minimum Gasteiger partial charge on any atom is -0.447 e. The van der Waals surface area contributed by atoms with Crippen molar-refractivity contribution >= 4 is 21.9 Å². The molecule has 114 valence electrons. The Morgan fingerprint density at radius 3 is 2.67 bits per heavy atom. The van der Waals surface area contributed by atoms with Crippen LogP contribution in [-0.2, 0) is 14.8 Å². The van der Waals surface area contributed by atoms with Gasteiger partial charge in [0.1, 0.15) is 6.61 Å². The number of ether oxygens (including phenoxy) is 1. The number of cyclic esters (lactones) is 1. The molecule has 2 aliphatic heterocycles. The Labute approximate surface area is 122 Å². The fourth-order valence-corrected chi connectivity index (χ4v) is 3.81. The van der Waals surface area contributed by atoms with E-state index in [9.17, 15) is 13.2 Å². The maximum Gasteiger partial charge on any atom is 0.415 e. The number of anilines is 1. The second kappa shape index (κ2) is 5.23. The minimum atomic E-state index is -3.25. The number of carbonyl (C=O) groups is 1. The van der Waals surface area contributed by atoms with E-state index in [2.05, 4.69) is 9.97 Å². The van der Waals surface area contributed by atoms with Gasteiger partial charge in [-0.3, -0.25) is 9.88 Å². The molecule has 1 amide bonds. The van der Waals surface area contributed by atoms with E-state index in [0.29, 0.717) is 31.2 Å². The van der Waals surface area contributed by atoms with Crippen LogP contribution in [0.4, 0.5) is 10.6 Å². The lowest BCUT2D eigenvalue weighted by atomic mass is 10.2. The van der Waals surface area contributed by atoms with E-state index in [1.54, 1.807) is 0 Å². The molecule has 9 heteroatoms. The van der Waals surface area contributed by atoms with Crippen LogP contribution in [0.5, 0.6) is 0 Å². The summed E-state index contributed by atoms with van der Waals surface area (Å²) in [5.41, 5.74) is 0.606. The summed E-state index contributed by atoms with van der Waals surface area (Å²) in [5.74, 6) is 0.421. The largest absolute Gasteiger partial charge is 0.447 e. The van der Waals surface area contributed by atoms with Crippen molar-refractivity contribution in [2.75, 3.05) is 30.9 Å². The monoisotopic (exact) mass is 312 g/mol. The van der Waals surface area contributed by atoms with Crippen LogP contribution in [0.15, 0.2) is 12.4 Å². The zero-order chi connectivity index (χ0) is 15.0. The first kappa shape index (κ1) is 14.2. The Bertz CT molecular complexity index is 646. The Kier molecular flexibility index (Phi) is 3.54. The topological polar surface area (TPSA) is 92.7 Å². The summed E-state index contributed by atoms with van der Waals surface area (Å²) in [4.78, 5) is 21.3. The van der Waals surface area contributed by atoms with Crippen LogP contribution in [0.25, 0.3) is 0 Å². The first-order valence-corrected chi connectivity index (χ1v) is 8.55. The number of amides is 1. The van der Waals surface area contributed by atoms with Crippen LogP contribution in [0.3, 0.4) is 0 Å². The zero-order valence-electron chi connectivity index (χ0n) is 11.6. The van der Waals surface area contributed by atoms with E-state index in [1.165, 1.54) is 27.9 Å². The second-order valence-electron chi connectivity index (χ2n) is 5.10. The normalized spacial score (nSPS) is 23.6. The van der Waals surface area contributed by atoms with Gasteiger partial charge in [0, 0.05) is 6.54 Å². The summed E-state index contributed by atoms with van der Waals surface area (Å²) in [6, 6.07) is -0.271. The first-order valence-electron chi connectivity index (χ1n) is 6.70. The van der Waals surface area contributed by atoms with Gasteiger partial charge in [-0.2, -0.15) is 4.31 Å². The summed E-state index contributed by atoms with van der Waals surface area (Å²) in [6.07, 6.45) is 5.32. The molecule has 0 bridgehead atoms. The molecule has 0 unspecified atom stereocenters. The first-order chi connectivity index (χ1) is 9.97. The molecule has 0 radical (unpaired) electrons. The number of nitrogens with zero attached hydrogens (tertiary/aromatic N) is 4. The summed E-state index contributed by atoms with van der Waals surface area (Å²) < 4.78 is 29.8. The van der Waals surface area contributed by atoms with E-state index < -0.39 is 16.1 Å². The maximum absolute atomic E-state index is 11.7. The SMILES string of the molecule is CS(=O)(=O)N1CCC[C@@H]1c1cnc(N2CCOC2=O)cn1. The van der Waals surface area contributed by atoms with Gasteiger partial charge >= 0.3 is 6.09 Å². The Balaban J connectivity index is 1.82. The van der Waals surface area contributed by atoms with E-state index in [0.717, 1.165) is 12.8 Å². The molecule has 21 heavy (non-hydrogen) atoms. The second-order valence-corrected chi connectivity index (χ2v) is 7.03. The van der Waals surface area contributed by atoms with Crippen molar-refractivity contribution in [1.29, 1.82) is 0 Å². The summed E-state index contributed by atoms with van der Waals surface area (Å²) >= 11 is 0. The zero-order valence-corrected chi connectivity index (χ0v) is 12.4. The van der Waals surface area contributed by atoms with Gasteiger partial charge < -0.3 is 4.74 Å². The highest BCUT2D eigenvalue weighted by atomic mass is 32.2. The van der Waals surface area contributed by atoms with Gasteiger partial charge in [-0.1, -0.05) is 0 Å². The number of hydrogen-bond donors (Lipinski definition) is 0. The number of hydrogen-bond acceptors (Lipinski definition) is 6. The number of aromatic nitrogens is 2. The Morgan fingerprint density at radius 2 is 2.10 bits per heavy atom. The molecule has 0 spiro atoms. The predicted molar refractivity (Wildman–Crippen MR) is 74.3 cm³/mol. The molecule has 1 atom stereocenters. The third-order valence-electron chi connectivity index (χ3n) is 3.67. The Morgan fingerprint density at radius 1 is 1.29 bits per heavy atom. The summed E-state index contributed by atoms with van der Waals surface area (Å²) in [7, 11) is -3.25. The van der Waals surface area contributed by atoms with Crippen LogP contribution in [0.2, 0.25) is 0 Å². The van der Waals surface area contributed by atoms with Gasteiger partial charge in [-0.25, -0.2) is 18.2 Å². The predicted octanol–water partition coefficient (Wildman–Crippen LogP) is 0.530. The molecule has 2 aliphatic rings. The molecule has 2 saturated heterocycles. The van der Waals surface area contributed by atoms with Crippen LogP contribution >= 0.6 is 0 Å². The molecule has 0 N–H and O–H groups in total. The van der Waals surface area contributed by atoms with E-state index >= 15 is 0 Å². The minimum absolute atomic E-state index is 0.271. The highest BCUT2D eigenvalue weighted by Gasteiger charge is 2.34. The molecule has 0 saturated carbocycles. The molecule has 1 aromatic heterocycles. The van der Waals surface area contributed by atoms with E-state index in [4.69, 9.17) is 4.74 Å². The average Bonchev–Trinajstić information content (AvgIpc) is 3.06. The quantitative estimate of drug-likeness (QED) is 0.808. The van der Waals surface area contributed by atoms with Crippen molar-refractivity contribution < 1.29 is 17.9 Å². The van der Waals surface area contributed by atoms with Crippen molar-refractivity contribution in [1.82, 2.24) is 14.3 Å². The highest BCUT2D eigenvalue weighted by molar-refractivity contribution is 7.88. The van der Waals surface area contributed by atoms with Gasteiger partial charge in [-0.05, 0) is 12.8 Å². The van der Waals surface area contributed by atoms with Crippen molar-refractivity contribution in [3.63, 3.8) is 0 Å². The smallest absolute Gasteiger partial charge is 0.415 e. The standard InChI is InChI=1S/C12H16N4O4S/c1-21(18,19)16-4-2-3-10(16)9-7-14-11(8-13-9)15-5-6-20-12(15)17/h7-8,10H,2-6H2,1H3/t10-/m1/s1. The number of carbonyl (C=O) groups excluding carboxylic acids is 1. The molecule has 3 rings (SSSR count). The van der Waals surface area contributed by atoms with Crippen molar-refractivity contribution in [3.05, 3.63) is 18.1 Å². The number of sulfonamides is 1. The third-order valence-corrected chi connectivity index (χ3v) is 4.96. The van der Waals surface area contributed by atoms with Crippen molar-refractivity contribution in [2.45, 2.75) is 18.9 Å². The highest BCUT2D eigenvalue weighted by Crippen LogP contribution is 2.32. The fourth-order valence-electron chi connectivity index (χ4n) is 2.68. The van der Waals surface area contributed by atoms with Gasteiger partial charge in [0.2, 0.25) is 10.0 Å². The fraction of sp³-hybridized carbons (Fsp3) is 0.583. The average molecular weight is 312 g/mol. The molecular formula is C12H16N4O4S. The molecule has 0 aromatic carbocycles. The molecule has 8 nitrogen and oxygen atoms in total. The van der Waals surface area contributed by atoms with E-state index in [-0.39, 0.29) is 6.04 Å². The van der Waals surface area contributed by atoms with Crippen molar-refractivity contribution in [2.24, 2.45) is 0 Å².